The predicted octanol–water partition coefficient (Wildman–Crippen LogP) is 3.29. The molecule has 0 radical (unpaired) electrons. The van der Waals surface area contributed by atoms with E-state index in [0.29, 0.717) is 19.5 Å². The maximum Gasteiger partial charge on any atom is 0.221 e. The summed E-state index contributed by atoms with van der Waals surface area (Å²) in [7, 11) is 1.84. The first kappa shape index (κ1) is 24.7. The lowest BCUT2D eigenvalue weighted by Gasteiger charge is -2.31. The zero-order valence-electron chi connectivity index (χ0n) is 14.0. The SMILES string of the molecule is CCN(CC)C(CNC(=O)CCNC)c1ccccc1Cl.Cl.Cl. The minimum atomic E-state index is 0. The Balaban J connectivity index is 0. The summed E-state index contributed by atoms with van der Waals surface area (Å²) in [5.74, 6) is 0.0635. The summed E-state index contributed by atoms with van der Waals surface area (Å²) in [6.07, 6.45) is 0.490. The van der Waals surface area contributed by atoms with Crippen LogP contribution in [0.1, 0.15) is 31.9 Å². The number of carbonyl (C=O) groups excluding carboxylic acids is 1. The number of carbonyl (C=O) groups is 1. The molecule has 0 aliphatic rings. The molecule has 0 spiro atoms. The van der Waals surface area contributed by atoms with Crippen LogP contribution >= 0.6 is 36.4 Å². The highest BCUT2D eigenvalue weighted by Crippen LogP contribution is 2.26. The van der Waals surface area contributed by atoms with Crippen molar-refractivity contribution in [2.24, 2.45) is 0 Å². The van der Waals surface area contributed by atoms with Crippen molar-refractivity contribution in [1.29, 1.82) is 0 Å². The van der Waals surface area contributed by atoms with E-state index in [0.717, 1.165) is 23.7 Å². The maximum atomic E-state index is 11.8. The van der Waals surface area contributed by atoms with Gasteiger partial charge in [0.2, 0.25) is 5.91 Å². The van der Waals surface area contributed by atoms with E-state index in [1.54, 1.807) is 0 Å². The zero-order chi connectivity index (χ0) is 15.7. The number of halogens is 3. The summed E-state index contributed by atoms with van der Waals surface area (Å²) in [5, 5.41) is 6.74. The Morgan fingerprint density at radius 1 is 1.22 bits per heavy atom. The molecule has 2 N–H and O–H groups in total. The minimum Gasteiger partial charge on any atom is -0.354 e. The van der Waals surface area contributed by atoms with Crippen LogP contribution in [-0.4, -0.2) is 44.0 Å². The first-order valence-corrected chi connectivity index (χ1v) is 7.91. The molecule has 0 aromatic heterocycles. The van der Waals surface area contributed by atoms with Crippen LogP contribution in [0.5, 0.6) is 0 Å². The van der Waals surface area contributed by atoms with Gasteiger partial charge in [-0.25, -0.2) is 0 Å². The fourth-order valence-electron chi connectivity index (χ4n) is 2.38. The fraction of sp³-hybridized carbons (Fsp3) is 0.562. The molecule has 1 unspecified atom stereocenters. The molecule has 1 aromatic rings. The molecule has 0 aliphatic carbocycles. The average Bonchev–Trinajstić information content (AvgIpc) is 2.50. The number of nitrogens with zero attached hydrogens (tertiary/aromatic N) is 1. The summed E-state index contributed by atoms with van der Waals surface area (Å²) in [4.78, 5) is 14.1. The largest absolute Gasteiger partial charge is 0.354 e. The van der Waals surface area contributed by atoms with Gasteiger partial charge in [-0.3, -0.25) is 9.69 Å². The summed E-state index contributed by atoms with van der Waals surface area (Å²) in [6.45, 7) is 7.34. The van der Waals surface area contributed by atoms with Crippen LogP contribution in [0.4, 0.5) is 0 Å². The Labute approximate surface area is 157 Å². The van der Waals surface area contributed by atoms with Gasteiger partial charge in [0.25, 0.3) is 0 Å². The highest BCUT2D eigenvalue weighted by molar-refractivity contribution is 6.31. The van der Waals surface area contributed by atoms with Gasteiger partial charge in [0.15, 0.2) is 0 Å². The molecular formula is C16H28Cl3N3O. The molecule has 0 aliphatic heterocycles. The van der Waals surface area contributed by atoms with Gasteiger partial charge in [-0.05, 0) is 31.8 Å². The second kappa shape index (κ2) is 13.9. The molecule has 0 saturated heterocycles. The number of nitrogens with one attached hydrogen (secondary N) is 2. The predicted molar refractivity (Wildman–Crippen MR) is 103 cm³/mol. The Hall–Kier alpha value is -0.520. The van der Waals surface area contributed by atoms with Crippen LogP contribution in [0, 0.1) is 0 Å². The quantitative estimate of drug-likeness (QED) is 0.686. The van der Waals surface area contributed by atoms with E-state index in [4.69, 9.17) is 11.6 Å². The normalized spacial score (nSPS) is 11.3. The molecule has 1 aromatic carbocycles. The molecule has 23 heavy (non-hydrogen) atoms. The van der Waals surface area contributed by atoms with Crippen molar-refractivity contribution < 1.29 is 4.79 Å². The number of amides is 1. The van der Waals surface area contributed by atoms with Crippen molar-refractivity contribution in [1.82, 2.24) is 15.5 Å². The summed E-state index contributed by atoms with van der Waals surface area (Å²) < 4.78 is 0. The first-order valence-electron chi connectivity index (χ1n) is 7.53. The Morgan fingerprint density at radius 2 is 1.83 bits per heavy atom. The van der Waals surface area contributed by atoms with Crippen LogP contribution in [0.15, 0.2) is 24.3 Å². The molecular weight excluding hydrogens is 357 g/mol. The van der Waals surface area contributed by atoms with E-state index in [1.165, 1.54) is 0 Å². The number of hydrogen-bond acceptors (Lipinski definition) is 3. The van der Waals surface area contributed by atoms with Crippen LogP contribution < -0.4 is 10.6 Å². The number of benzene rings is 1. The van der Waals surface area contributed by atoms with Crippen molar-refractivity contribution in [3.05, 3.63) is 34.9 Å². The molecule has 0 fully saturated rings. The van der Waals surface area contributed by atoms with Gasteiger partial charge in [-0.1, -0.05) is 43.6 Å². The molecule has 1 rings (SSSR count). The first-order chi connectivity index (χ1) is 10.1. The Morgan fingerprint density at radius 3 is 2.35 bits per heavy atom. The van der Waals surface area contributed by atoms with Gasteiger partial charge in [-0.2, -0.15) is 0 Å². The van der Waals surface area contributed by atoms with Crippen LogP contribution in [0.25, 0.3) is 0 Å². The van der Waals surface area contributed by atoms with Crippen molar-refractivity contribution in [3.8, 4) is 0 Å². The Kier molecular flexibility index (Phi) is 14.9. The van der Waals surface area contributed by atoms with Gasteiger partial charge in [0.05, 0.1) is 6.04 Å². The lowest BCUT2D eigenvalue weighted by Crippen LogP contribution is -2.38. The second-order valence-electron chi connectivity index (χ2n) is 4.92. The summed E-state index contributed by atoms with van der Waals surface area (Å²) >= 11 is 6.33. The van der Waals surface area contributed by atoms with E-state index in [-0.39, 0.29) is 36.8 Å². The van der Waals surface area contributed by atoms with Crippen molar-refractivity contribution in [2.75, 3.05) is 33.2 Å². The molecule has 1 atom stereocenters. The maximum absolute atomic E-state index is 11.8. The lowest BCUT2D eigenvalue weighted by atomic mass is 10.0. The van der Waals surface area contributed by atoms with Crippen molar-refractivity contribution >= 4 is 42.3 Å². The molecule has 0 heterocycles. The van der Waals surface area contributed by atoms with Crippen molar-refractivity contribution in [2.45, 2.75) is 26.3 Å². The van der Waals surface area contributed by atoms with E-state index in [1.807, 2.05) is 31.3 Å². The summed E-state index contributed by atoms with van der Waals surface area (Å²) in [5.41, 5.74) is 1.07. The topological polar surface area (TPSA) is 44.4 Å². The van der Waals surface area contributed by atoms with Crippen molar-refractivity contribution in [3.63, 3.8) is 0 Å². The van der Waals surface area contributed by atoms with E-state index >= 15 is 0 Å². The Bertz CT molecular complexity index is 442. The van der Waals surface area contributed by atoms with Crippen LogP contribution in [0.2, 0.25) is 5.02 Å². The molecule has 7 heteroatoms. The van der Waals surface area contributed by atoms with E-state index in [9.17, 15) is 4.79 Å². The molecule has 0 bridgehead atoms. The second-order valence-corrected chi connectivity index (χ2v) is 5.32. The molecule has 134 valence electrons. The van der Waals surface area contributed by atoms with E-state index in [2.05, 4.69) is 29.4 Å². The molecule has 1 amide bonds. The fourth-order valence-corrected chi connectivity index (χ4v) is 2.64. The third kappa shape index (κ3) is 8.23. The molecule has 4 nitrogen and oxygen atoms in total. The number of likely N-dealkylation sites (N-methyl/N-ethyl adjacent to an activating group) is 1. The van der Waals surface area contributed by atoms with Gasteiger partial charge < -0.3 is 10.6 Å². The van der Waals surface area contributed by atoms with Gasteiger partial charge in [0, 0.05) is 24.5 Å². The van der Waals surface area contributed by atoms with E-state index < -0.39 is 0 Å². The van der Waals surface area contributed by atoms with Crippen LogP contribution in [-0.2, 0) is 4.79 Å². The zero-order valence-corrected chi connectivity index (χ0v) is 16.4. The third-order valence-corrected chi connectivity index (χ3v) is 3.96. The monoisotopic (exact) mass is 383 g/mol. The molecule has 0 saturated carbocycles. The highest BCUT2D eigenvalue weighted by Gasteiger charge is 2.20. The number of rotatable bonds is 9. The standard InChI is InChI=1S/C16H26ClN3O.2ClH/c1-4-20(5-2)15(12-19-16(21)10-11-18-3)13-8-6-7-9-14(13)17;;/h6-9,15,18H,4-5,10-12H2,1-3H3,(H,19,21);2*1H. The summed E-state index contributed by atoms with van der Waals surface area (Å²) in [6, 6.07) is 7.95. The minimum absolute atomic E-state index is 0. The smallest absolute Gasteiger partial charge is 0.221 e. The van der Waals surface area contributed by atoms with Gasteiger partial charge in [-0.15, -0.1) is 24.8 Å². The lowest BCUT2D eigenvalue weighted by molar-refractivity contribution is -0.121. The van der Waals surface area contributed by atoms with Crippen LogP contribution in [0.3, 0.4) is 0 Å². The van der Waals surface area contributed by atoms with Gasteiger partial charge in [0.1, 0.15) is 0 Å². The highest BCUT2D eigenvalue weighted by atomic mass is 35.5. The van der Waals surface area contributed by atoms with Gasteiger partial charge >= 0.3 is 0 Å². The third-order valence-electron chi connectivity index (χ3n) is 3.61. The number of hydrogen-bond donors (Lipinski definition) is 2. The average molecular weight is 385 g/mol.